The quantitative estimate of drug-likeness (QED) is 0.868. The number of aromatic nitrogens is 1. The van der Waals surface area contributed by atoms with Crippen molar-refractivity contribution in [2.75, 3.05) is 38.5 Å². The molecule has 22 heavy (non-hydrogen) atoms. The minimum atomic E-state index is -0.0650. The molecule has 0 radical (unpaired) electrons. The van der Waals surface area contributed by atoms with E-state index in [1.54, 1.807) is 0 Å². The van der Waals surface area contributed by atoms with E-state index in [-0.39, 0.29) is 6.03 Å². The molecular weight excluding hydrogens is 364 g/mol. The van der Waals surface area contributed by atoms with Crippen LogP contribution in [0.3, 0.4) is 0 Å². The fourth-order valence-corrected chi connectivity index (χ4v) is 3.24. The first-order valence-corrected chi connectivity index (χ1v) is 8.75. The summed E-state index contributed by atoms with van der Waals surface area (Å²) in [6, 6.07) is 7.91. The molecule has 1 aromatic carbocycles. The Morgan fingerprint density at radius 2 is 1.91 bits per heavy atom. The Morgan fingerprint density at radius 3 is 2.59 bits per heavy atom. The highest BCUT2D eigenvalue weighted by Gasteiger charge is 2.19. The average molecular weight is 381 g/mol. The van der Waals surface area contributed by atoms with Gasteiger partial charge >= 0.3 is 6.03 Å². The van der Waals surface area contributed by atoms with Crippen molar-refractivity contribution in [2.24, 2.45) is 0 Å². The molecular formula is C15H17BrN4OS. The van der Waals surface area contributed by atoms with Crippen LogP contribution in [0.25, 0.3) is 11.3 Å². The molecule has 116 valence electrons. The smallest absolute Gasteiger partial charge is 0.322 e. The van der Waals surface area contributed by atoms with E-state index >= 15 is 0 Å². The highest BCUT2D eigenvalue weighted by atomic mass is 79.9. The van der Waals surface area contributed by atoms with Gasteiger partial charge in [-0.2, -0.15) is 0 Å². The molecule has 0 unspecified atom stereocenters. The lowest BCUT2D eigenvalue weighted by Gasteiger charge is -2.32. The van der Waals surface area contributed by atoms with Gasteiger partial charge < -0.3 is 9.80 Å². The van der Waals surface area contributed by atoms with Gasteiger partial charge in [-0.15, -0.1) is 11.3 Å². The van der Waals surface area contributed by atoms with Crippen molar-refractivity contribution in [3.63, 3.8) is 0 Å². The van der Waals surface area contributed by atoms with Gasteiger partial charge in [0.25, 0.3) is 0 Å². The highest BCUT2D eigenvalue weighted by molar-refractivity contribution is 9.10. The molecule has 1 aromatic heterocycles. The molecule has 7 heteroatoms. The van der Waals surface area contributed by atoms with Crippen molar-refractivity contribution >= 4 is 38.4 Å². The van der Waals surface area contributed by atoms with Gasteiger partial charge in [0.2, 0.25) is 0 Å². The number of anilines is 1. The van der Waals surface area contributed by atoms with Crippen molar-refractivity contribution < 1.29 is 4.79 Å². The number of nitrogens with zero attached hydrogens (tertiary/aromatic N) is 3. The number of halogens is 1. The SMILES string of the molecule is CN1CCN(C(=O)Nc2nc(-c3ccc(Br)cc3)cs2)CC1. The third kappa shape index (κ3) is 3.66. The van der Waals surface area contributed by atoms with Crippen LogP contribution in [0.4, 0.5) is 9.93 Å². The number of hydrogen-bond donors (Lipinski definition) is 1. The predicted molar refractivity (Wildman–Crippen MR) is 93.3 cm³/mol. The maximum absolute atomic E-state index is 12.2. The lowest BCUT2D eigenvalue weighted by Crippen LogP contribution is -2.48. The molecule has 2 heterocycles. The molecule has 1 fully saturated rings. The monoisotopic (exact) mass is 380 g/mol. The molecule has 0 saturated carbocycles. The number of nitrogens with one attached hydrogen (secondary N) is 1. The summed E-state index contributed by atoms with van der Waals surface area (Å²) < 4.78 is 1.04. The summed E-state index contributed by atoms with van der Waals surface area (Å²) in [5.41, 5.74) is 1.92. The second-order valence-electron chi connectivity index (χ2n) is 5.27. The fourth-order valence-electron chi connectivity index (χ4n) is 2.26. The van der Waals surface area contributed by atoms with E-state index in [9.17, 15) is 4.79 Å². The van der Waals surface area contributed by atoms with Crippen LogP contribution in [0, 0.1) is 0 Å². The van der Waals surface area contributed by atoms with Gasteiger partial charge in [-0.3, -0.25) is 5.32 Å². The van der Waals surface area contributed by atoms with Gasteiger partial charge in [-0.25, -0.2) is 9.78 Å². The van der Waals surface area contributed by atoms with E-state index in [1.807, 2.05) is 34.5 Å². The minimum Gasteiger partial charge on any atom is -0.322 e. The van der Waals surface area contributed by atoms with E-state index in [1.165, 1.54) is 11.3 Å². The van der Waals surface area contributed by atoms with Crippen LogP contribution in [0.1, 0.15) is 0 Å². The van der Waals surface area contributed by atoms with Crippen LogP contribution in [0.5, 0.6) is 0 Å². The van der Waals surface area contributed by atoms with E-state index in [0.717, 1.165) is 41.9 Å². The Labute approximate surface area is 142 Å². The van der Waals surface area contributed by atoms with Crippen molar-refractivity contribution in [1.82, 2.24) is 14.8 Å². The average Bonchev–Trinajstić information content (AvgIpc) is 2.97. The van der Waals surface area contributed by atoms with Gasteiger partial charge in [-0.05, 0) is 19.2 Å². The van der Waals surface area contributed by atoms with E-state index in [4.69, 9.17) is 0 Å². The Balaban J connectivity index is 1.64. The molecule has 3 rings (SSSR count). The summed E-state index contributed by atoms with van der Waals surface area (Å²) >= 11 is 4.87. The van der Waals surface area contributed by atoms with Gasteiger partial charge in [0.1, 0.15) is 0 Å². The maximum atomic E-state index is 12.2. The number of hydrogen-bond acceptors (Lipinski definition) is 4. The van der Waals surface area contributed by atoms with Gasteiger partial charge in [0.15, 0.2) is 5.13 Å². The zero-order valence-electron chi connectivity index (χ0n) is 12.3. The molecule has 0 aliphatic carbocycles. The maximum Gasteiger partial charge on any atom is 0.323 e. The number of piperazine rings is 1. The van der Waals surface area contributed by atoms with Gasteiger partial charge in [0.05, 0.1) is 5.69 Å². The molecule has 1 aliphatic heterocycles. The molecule has 5 nitrogen and oxygen atoms in total. The van der Waals surface area contributed by atoms with Crippen molar-refractivity contribution in [3.05, 3.63) is 34.1 Å². The minimum absolute atomic E-state index is 0.0650. The van der Waals surface area contributed by atoms with E-state index < -0.39 is 0 Å². The topological polar surface area (TPSA) is 48.5 Å². The largest absolute Gasteiger partial charge is 0.323 e. The fraction of sp³-hybridized carbons (Fsp3) is 0.333. The number of carbonyl (C=O) groups excluding carboxylic acids is 1. The summed E-state index contributed by atoms with van der Waals surface area (Å²) in [7, 11) is 2.07. The Morgan fingerprint density at radius 1 is 1.23 bits per heavy atom. The van der Waals surface area contributed by atoms with E-state index in [2.05, 4.69) is 38.2 Å². The zero-order chi connectivity index (χ0) is 15.5. The normalized spacial score (nSPS) is 15.8. The second kappa shape index (κ2) is 6.76. The lowest BCUT2D eigenvalue weighted by molar-refractivity contribution is 0.164. The first-order chi connectivity index (χ1) is 10.6. The first-order valence-electron chi connectivity index (χ1n) is 7.08. The predicted octanol–water partition coefficient (Wildman–Crippen LogP) is 3.35. The van der Waals surface area contributed by atoms with E-state index in [0.29, 0.717) is 5.13 Å². The van der Waals surface area contributed by atoms with Crippen LogP contribution in [0.2, 0.25) is 0 Å². The van der Waals surface area contributed by atoms with Gasteiger partial charge in [0, 0.05) is 41.6 Å². The third-order valence-corrected chi connectivity index (χ3v) is 4.93. The number of rotatable bonds is 2. The number of amides is 2. The van der Waals surface area contributed by atoms with Crippen molar-refractivity contribution in [2.45, 2.75) is 0 Å². The summed E-state index contributed by atoms with van der Waals surface area (Å²) in [5.74, 6) is 0. The molecule has 0 atom stereocenters. The number of urea groups is 1. The summed E-state index contributed by atoms with van der Waals surface area (Å²) in [5, 5.41) is 5.50. The summed E-state index contributed by atoms with van der Waals surface area (Å²) in [6.07, 6.45) is 0. The molecule has 1 saturated heterocycles. The lowest BCUT2D eigenvalue weighted by atomic mass is 10.2. The highest BCUT2D eigenvalue weighted by Crippen LogP contribution is 2.26. The Hall–Kier alpha value is -1.44. The van der Waals surface area contributed by atoms with Crippen LogP contribution >= 0.6 is 27.3 Å². The number of carbonyl (C=O) groups is 1. The molecule has 2 aromatic rings. The van der Waals surface area contributed by atoms with Gasteiger partial charge in [-0.1, -0.05) is 28.1 Å². The molecule has 0 bridgehead atoms. The van der Waals surface area contributed by atoms with Crippen molar-refractivity contribution in [3.8, 4) is 11.3 Å². The molecule has 2 amide bonds. The second-order valence-corrected chi connectivity index (χ2v) is 7.04. The molecule has 1 N–H and O–H groups in total. The first kappa shape index (κ1) is 15.5. The molecule has 1 aliphatic rings. The van der Waals surface area contributed by atoms with Crippen LogP contribution in [0.15, 0.2) is 34.1 Å². The number of benzene rings is 1. The number of likely N-dealkylation sites (N-methyl/N-ethyl adjacent to an activating group) is 1. The third-order valence-electron chi connectivity index (χ3n) is 3.65. The number of thiazole rings is 1. The molecule has 0 spiro atoms. The van der Waals surface area contributed by atoms with Crippen molar-refractivity contribution in [1.29, 1.82) is 0 Å². The Kier molecular flexibility index (Phi) is 4.75. The zero-order valence-corrected chi connectivity index (χ0v) is 14.7. The summed E-state index contributed by atoms with van der Waals surface area (Å²) in [4.78, 5) is 20.8. The van der Waals surface area contributed by atoms with Crippen LogP contribution < -0.4 is 5.32 Å². The Bertz CT molecular complexity index is 650. The standard InChI is InChI=1S/C15H17BrN4OS/c1-19-6-8-20(9-7-19)15(21)18-14-17-13(10-22-14)11-2-4-12(16)5-3-11/h2-5,10H,6-9H2,1H3,(H,17,18,21). The summed E-state index contributed by atoms with van der Waals surface area (Å²) in [6.45, 7) is 3.34. The van der Waals surface area contributed by atoms with Crippen LogP contribution in [-0.2, 0) is 0 Å². The van der Waals surface area contributed by atoms with Crippen LogP contribution in [-0.4, -0.2) is 54.0 Å².